The molecule has 2 N–H and O–H groups in total. The second kappa shape index (κ2) is 8.34. The zero-order valence-corrected chi connectivity index (χ0v) is 13.9. The van der Waals surface area contributed by atoms with Gasteiger partial charge in [0.1, 0.15) is 18.5 Å². The highest BCUT2D eigenvalue weighted by Crippen LogP contribution is 2.15. The number of morpholine rings is 1. The number of carbonyl (C=O) groups excluding carboxylic acids is 1. The Morgan fingerprint density at radius 3 is 3.04 bits per heavy atom. The average Bonchev–Trinajstić information content (AvgIpc) is 2.67. The van der Waals surface area contributed by atoms with Gasteiger partial charge in [-0.25, -0.2) is 24.1 Å². The number of ether oxygens (including phenoxy) is 2. The van der Waals surface area contributed by atoms with Crippen LogP contribution in [0, 0.1) is 5.82 Å². The van der Waals surface area contributed by atoms with Crippen molar-refractivity contribution in [2.24, 2.45) is 4.99 Å². The number of amides is 1. The number of aliphatic imine (C=N–C) groups is 1. The second-order valence-electron chi connectivity index (χ2n) is 5.54. The first-order valence-electron chi connectivity index (χ1n) is 8.01. The fourth-order valence-electron chi connectivity index (χ4n) is 2.37. The van der Waals surface area contributed by atoms with E-state index in [9.17, 15) is 9.18 Å². The van der Waals surface area contributed by atoms with Gasteiger partial charge in [0.2, 0.25) is 0 Å². The minimum Gasteiger partial charge on any atom is -0.444 e. The van der Waals surface area contributed by atoms with Crippen LogP contribution in [-0.4, -0.2) is 53.0 Å². The normalized spacial score (nSPS) is 17.4. The Balaban J connectivity index is 1.55. The monoisotopic (exact) mass is 359 g/mol. The van der Waals surface area contributed by atoms with Crippen LogP contribution < -0.4 is 5.73 Å². The van der Waals surface area contributed by atoms with Crippen LogP contribution in [0.1, 0.15) is 5.56 Å². The van der Waals surface area contributed by atoms with Crippen molar-refractivity contribution in [3.05, 3.63) is 48.0 Å². The molecule has 1 saturated heterocycles. The molecule has 0 spiro atoms. The molecule has 2 heterocycles. The minimum atomic E-state index is -0.533. The van der Waals surface area contributed by atoms with E-state index in [2.05, 4.69) is 15.0 Å². The third-order valence-electron chi connectivity index (χ3n) is 3.73. The fraction of sp³-hybridized carbons (Fsp3) is 0.294. The molecule has 9 heteroatoms. The summed E-state index contributed by atoms with van der Waals surface area (Å²) in [6.45, 7) is 0.854. The largest absolute Gasteiger partial charge is 0.444 e. The number of anilines is 1. The van der Waals surface area contributed by atoms with Crippen LogP contribution in [0.2, 0.25) is 0 Å². The van der Waals surface area contributed by atoms with Crippen LogP contribution in [0.15, 0.2) is 41.7 Å². The molecule has 1 aromatic carbocycles. The van der Waals surface area contributed by atoms with Crippen molar-refractivity contribution in [3.63, 3.8) is 0 Å². The van der Waals surface area contributed by atoms with Crippen molar-refractivity contribution < 1.29 is 18.7 Å². The number of hydrogen-bond donors (Lipinski definition) is 1. The number of rotatable bonds is 4. The lowest BCUT2D eigenvalue weighted by molar-refractivity contribution is 0.00313. The summed E-state index contributed by atoms with van der Waals surface area (Å²) in [7, 11) is 0. The molecule has 0 saturated carbocycles. The molecule has 0 bridgehead atoms. The van der Waals surface area contributed by atoms with Crippen LogP contribution in [0.25, 0.3) is 0 Å². The molecule has 0 aliphatic carbocycles. The molecule has 1 amide bonds. The third kappa shape index (κ3) is 4.51. The smallest absolute Gasteiger partial charge is 0.410 e. The van der Waals surface area contributed by atoms with Gasteiger partial charge in [0.25, 0.3) is 0 Å². The lowest BCUT2D eigenvalue weighted by Gasteiger charge is -2.30. The molecule has 1 aliphatic heterocycles. The summed E-state index contributed by atoms with van der Waals surface area (Å²) in [6, 6.07) is 6.16. The lowest BCUT2D eigenvalue weighted by atomic mass is 10.2. The Kier molecular flexibility index (Phi) is 5.69. The number of nitrogens with zero attached hydrogens (tertiary/aromatic N) is 4. The van der Waals surface area contributed by atoms with Gasteiger partial charge in [-0.05, 0) is 6.07 Å². The van der Waals surface area contributed by atoms with E-state index in [-0.39, 0.29) is 24.8 Å². The number of halogens is 1. The quantitative estimate of drug-likeness (QED) is 0.837. The predicted molar refractivity (Wildman–Crippen MR) is 92.5 cm³/mol. The Bertz CT molecular complexity index is 801. The Morgan fingerprint density at radius 2 is 2.23 bits per heavy atom. The van der Waals surface area contributed by atoms with Gasteiger partial charge in [0, 0.05) is 30.7 Å². The summed E-state index contributed by atoms with van der Waals surface area (Å²) >= 11 is 0. The zero-order chi connectivity index (χ0) is 18.4. The van der Waals surface area contributed by atoms with Gasteiger partial charge in [0.15, 0.2) is 11.6 Å². The number of benzene rings is 1. The van der Waals surface area contributed by atoms with E-state index >= 15 is 0 Å². The molecular weight excluding hydrogens is 341 g/mol. The van der Waals surface area contributed by atoms with E-state index in [0.29, 0.717) is 18.7 Å². The molecule has 1 aliphatic rings. The van der Waals surface area contributed by atoms with Crippen LogP contribution in [-0.2, 0) is 16.1 Å². The molecule has 8 nitrogen and oxygen atoms in total. The molecule has 0 unspecified atom stereocenters. The summed E-state index contributed by atoms with van der Waals surface area (Å²) in [5.74, 6) is 0.0879. The molecule has 136 valence electrons. The van der Waals surface area contributed by atoms with Crippen molar-refractivity contribution in [3.8, 4) is 0 Å². The third-order valence-corrected chi connectivity index (χ3v) is 3.73. The van der Waals surface area contributed by atoms with Crippen molar-refractivity contribution in [1.29, 1.82) is 0 Å². The summed E-state index contributed by atoms with van der Waals surface area (Å²) in [5, 5.41) is 0. The van der Waals surface area contributed by atoms with Gasteiger partial charge in [-0.3, -0.25) is 0 Å². The van der Waals surface area contributed by atoms with Gasteiger partial charge in [-0.15, -0.1) is 0 Å². The summed E-state index contributed by atoms with van der Waals surface area (Å²) in [6.07, 6.45) is 3.52. The van der Waals surface area contributed by atoms with E-state index < -0.39 is 18.0 Å². The molecule has 26 heavy (non-hydrogen) atoms. The Morgan fingerprint density at radius 1 is 1.42 bits per heavy atom. The fourth-order valence-corrected chi connectivity index (χ4v) is 2.37. The van der Waals surface area contributed by atoms with E-state index in [4.69, 9.17) is 15.2 Å². The van der Waals surface area contributed by atoms with Crippen molar-refractivity contribution in [1.82, 2.24) is 14.9 Å². The van der Waals surface area contributed by atoms with Gasteiger partial charge in [0.05, 0.1) is 13.2 Å². The maximum Gasteiger partial charge on any atom is 0.410 e. The van der Waals surface area contributed by atoms with Crippen LogP contribution in [0.3, 0.4) is 0 Å². The average molecular weight is 359 g/mol. The van der Waals surface area contributed by atoms with Gasteiger partial charge < -0.3 is 20.1 Å². The molecule has 1 aromatic heterocycles. The zero-order valence-electron chi connectivity index (χ0n) is 13.9. The van der Waals surface area contributed by atoms with Gasteiger partial charge >= 0.3 is 6.09 Å². The topological polar surface area (TPSA) is 103 Å². The highest BCUT2D eigenvalue weighted by molar-refractivity contribution is 5.72. The minimum absolute atomic E-state index is 0.127. The molecule has 0 radical (unpaired) electrons. The number of hydrogen-bond acceptors (Lipinski definition) is 7. The number of carbonyl (C=O) groups is 1. The molecule has 3 rings (SSSR count). The Hall–Kier alpha value is -3.07. The first-order chi connectivity index (χ1) is 12.6. The standard InChI is InChI=1S/C17H18FN5O3/c18-14-4-2-1-3-12(14)11-26-17(24)23-7-8-25-13(10-23)9-22-16-15(19)20-5-6-21-16/h1-6,9,13H,7-8,10-11H2,(H2,19,20)/b22-9+/t13-/m1/s1. The van der Waals surface area contributed by atoms with E-state index in [0.717, 1.165) is 0 Å². The SMILES string of the molecule is Nc1nccnc1/N=C/[C@@H]1CN(C(=O)OCc2ccccc2F)CCO1. The van der Waals surface area contributed by atoms with Crippen LogP contribution >= 0.6 is 0 Å². The lowest BCUT2D eigenvalue weighted by Crippen LogP contribution is -2.46. The molecule has 1 atom stereocenters. The van der Waals surface area contributed by atoms with E-state index in [1.165, 1.54) is 29.6 Å². The summed E-state index contributed by atoms with van der Waals surface area (Å²) in [5.41, 5.74) is 6.00. The maximum atomic E-state index is 13.6. The number of nitrogen functional groups attached to an aromatic ring is 1. The molecule has 1 fully saturated rings. The van der Waals surface area contributed by atoms with Crippen LogP contribution in [0.5, 0.6) is 0 Å². The maximum absolute atomic E-state index is 13.6. The number of nitrogens with two attached hydrogens (primary N) is 1. The second-order valence-corrected chi connectivity index (χ2v) is 5.54. The first-order valence-corrected chi connectivity index (χ1v) is 8.01. The van der Waals surface area contributed by atoms with Crippen LogP contribution in [0.4, 0.5) is 20.8 Å². The van der Waals surface area contributed by atoms with Crippen molar-refractivity contribution in [2.75, 3.05) is 25.4 Å². The van der Waals surface area contributed by atoms with Gasteiger partial charge in [-0.2, -0.15) is 0 Å². The van der Waals surface area contributed by atoms with Crippen molar-refractivity contribution in [2.45, 2.75) is 12.7 Å². The highest BCUT2D eigenvalue weighted by atomic mass is 19.1. The predicted octanol–water partition coefficient (Wildman–Crippen LogP) is 1.94. The molecular formula is C17H18FN5O3. The molecule has 2 aromatic rings. The first kappa shape index (κ1) is 17.7. The summed E-state index contributed by atoms with van der Waals surface area (Å²) in [4.78, 5) is 25.7. The van der Waals surface area contributed by atoms with E-state index in [1.807, 2.05) is 0 Å². The van der Waals surface area contributed by atoms with Crippen molar-refractivity contribution >= 4 is 23.9 Å². The van der Waals surface area contributed by atoms with Gasteiger partial charge in [-0.1, -0.05) is 18.2 Å². The highest BCUT2D eigenvalue weighted by Gasteiger charge is 2.24. The summed E-state index contributed by atoms with van der Waals surface area (Å²) < 4.78 is 24.3. The number of aromatic nitrogens is 2. The Labute approximate surface area is 149 Å². The van der Waals surface area contributed by atoms with E-state index in [1.54, 1.807) is 18.2 Å².